The van der Waals surface area contributed by atoms with E-state index in [1.165, 1.54) is 0 Å². The molecule has 0 aromatic carbocycles. The minimum atomic E-state index is 1.75. The third kappa shape index (κ3) is 242. The topological polar surface area (TPSA) is 0 Å². The van der Waals surface area contributed by atoms with Gasteiger partial charge in [0.2, 0.25) is 0 Å². The van der Waals surface area contributed by atoms with Crippen molar-refractivity contribution in [3.63, 3.8) is 0 Å². The van der Waals surface area contributed by atoms with Crippen LogP contribution in [0.15, 0.2) is 24.8 Å². The first-order valence-electron chi connectivity index (χ1n) is 4.65. The standard InChI is InChI=1S/C5H8.3C2H6/c1-3-5-4-2;3*1-2/h3-5H,1H2,2H3;3*1-2H3/b5-4-;;;. The Hall–Kier alpha value is -0.520. The maximum Gasteiger partial charge on any atom is -0.0467 e. The normalized spacial score (nSPS) is 5.73. The second-order valence-corrected chi connectivity index (χ2v) is 0.761. The van der Waals surface area contributed by atoms with E-state index in [0.29, 0.717) is 0 Å². The van der Waals surface area contributed by atoms with E-state index in [0.717, 1.165) is 0 Å². The average Bonchev–Trinajstić information content (AvgIpc) is 2.16. The SMILES string of the molecule is C=C/C=C\C.CC.CC.CC. The Morgan fingerprint density at radius 2 is 1.09 bits per heavy atom. The van der Waals surface area contributed by atoms with Crippen LogP contribution in [0.5, 0.6) is 0 Å². The van der Waals surface area contributed by atoms with Crippen molar-refractivity contribution >= 4 is 0 Å². The molecule has 0 heteroatoms. The van der Waals surface area contributed by atoms with Crippen molar-refractivity contribution in [3.8, 4) is 0 Å². The summed E-state index contributed by atoms with van der Waals surface area (Å²) < 4.78 is 0. The molecule has 0 radical (unpaired) electrons. The average molecular weight is 158 g/mol. The van der Waals surface area contributed by atoms with Crippen LogP contribution in [-0.4, -0.2) is 0 Å². The lowest BCUT2D eigenvalue weighted by atomic mass is 10.5. The van der Waals surface area contributed by atoms with Gasteiger partial charge < -0.3 is 0 Å². The number of rotatable bonds is 1. The van der Waals surface area contributed by atoms with Crippen LogP contribution < -0.4 is 0 Å². The molecular formula is C11H26. The Morgan fingerprint density at radius 1 is 0.818 bits per heavy atom. The molecule has 0 aliphatic heterocycles. The predicted octanol–water partition coefficient (Wildman–Crippen LogP) is 4.83. The highest BCUT2D eigenvalue weighted by molar-refractivity contribution is 4.94. The molecule has 0 fully saturated rings. The summed E-state index contributed by atoms with van der Waals surface area (Å²) in [6.07, 6.45) is 5.58. The van der Waals surface area contributed by atoms with Crippen LogP contribution in [0.1, 0.15) is 48.5 Å². The molecule has 0 rings (SSSR count). The fraction of sp³-hybridized carbons (Fsp3) is 0.636. The lowest BCUT2D eigenvalue weighted by Crippen LogP contribution is -1.33. The third-order valence-corrected chi connectivity index (χ3v) is 0.329. The zero-order chi connectivity index (χ0) is 10.1. The second-order valence-electron chi connectivity index (χ2n) is 0.761. The third-order valence-electron chi connectivity index (χ3n) is 0.329. The molecule has 0 atom stereocenters. The molecule has 0 saturated carbocycles. The first kappa shape index (κ1) is 22.4. The van der Waals surface area contributed by atoms with Gasteiger partial charge in [-0.1, -0.05) is 66.3 Å². The maximum absolute atomic E-state index is 3.46. The van der Waals surface area contributed by atoms with Gasteiger partial charge in [0.25, 0.3) is 0 Å². The molecule has 11 heavy (non-hydrogen) atoms. The van der Waals surface area contributed by atoms with Gasteiger partial charge in [0.1, 0.15) is 0 Å². The van der Waals surface area contributed by atoms with Gasteiger partial charge in [0.05, 0.1) is 0 Å². The summed E-state index contributed by atoms with van der Waals surface area (Å²) in [6, 6.07) is 0. The number of allylic oxidation sites excluding steroid dienone is 3. The highest BCUT2D eigenvalue weighted by Gasteiger charge is 1.42. The molecule has 0 heterocycles. The molecule has 0 amide bonds. The molecule has 0 nitrogen and oxygen atoms in total. The number of hydrogen-bond donors (Lipinski definition) is 0. The fourth-order valence-electron chi connectivity index (χ4n) is 0.136. The van der Waals surface area contributed by atoms with Gasteiger partial charge in [0.15, 0.2) is 0 Å². The summed E-state index contributed by atoms with van der Waals surface area (Å²) in [5.74, 6) is 0. The van der Waals surface area contributed by atoms with Crippen molar-refractivity contribution in [2.45, 2.75) is 48.5 Å². The van der Waals surface area contributed by atoms with Crippen LogP contribution in [0, 0.1) is 0 Å². The molecule has 0 bridgehead atoms. The van der Waals surface area contributed by atoms with E-state index in [4.69, 9.17) is 0 Å². The molecule has 0 spiro atoms. The van der Waals surface area contributed by atoms with Crippen molar-refractivity contribution in [1.29, 1.82) is 0 Å². The van der Waals surface area contributed by atoms with Crippen LogP contribution in [0.2, 0.25) is 0 Å². The molecule has 0 unspecified atom stereocenters. The predicted molar refractivity (Wildman–Crippen MR) is 59.1 cm³/mol. The summed E-state index contributed by atoms with van der Waals surface area (Å²) in [4.78, 5) is 0. The minimum absolute atomic E-state index is 1.75. The monoisotopic (exact) mass is 158 g/mol. The van der Waals surface area contributed by atoms with Gasteiger partial charge in [-0.3, -0.25) is 0 Å². The quantitative estimate of drug-likeness (QED) is 0.480. The largest absolute Gasteiger partial charge is 0.0991 e. The van der Waals surface area contributed by atoms with Gasteiger partial charge in [-0.15, -0.1) is 0 Å². The van der Waals surface area contributed by atoms with Crippen LogP contribution in [0.4, 0.5) is 0 Å². The van der Waals surface area contributed by atoms with E-state index in [9.17, 15) is 0 Å². The van der Waals surface area contributed by atoms with E-state index in [-0.39, 0.29) is 0 Å². The van der Waals surface area contributed by atoms with Gasteiger partial charge in [-0.05, 0) is 6.92 Å². The van der Waals surface area contributed by atoms with E-state index in [1.54, 1.807) is 6.08 Å². The summed E-state index contributed by atoms with van der Waals surface area (Å²) in [5, 5.41) is 0. The fourth-order valence-corrected chi connectivity index (χ4v) is 0.136. The van der Waals surface area contributed by atoms with E-state index < -0.39 is 0 Å². The molecule has 70 valence electrons. The Morgan fingerprint density at radius 3 is 1.09 bits per heavy atom. The molecular weight excluding hydrogens is 132 g/mol. The number of hydrogen-bond acceptors (Lipinski definition) is 0. The van der Waals surface area contributed by atoms with Gasteiger partial charge in [0, 0.05) is 0 Å². The van der Waals surface area contributed by atoms with Crippen LogP contribution in [0.3, 0.4) is 0 Å². The van der Waals surface area contributed by atoms with Gasteiger partial charge >= 0.3 is 0 Å². The summed E-state index contributed by atoms with van der Waals surface area (Å²) in [6.45, 7) is 17.4. The Labute approximate surface area is 74.0 Å². The van der Waals surface area contributed by atoms with Crippen LogP contribution >= 0.6 is 0 Å². The summed E-state index contributed by atoms with van der Waals surface area (Å²) in [7, 11) is 0. The molecule has 0 aromatic rings. The van der Waals surface area contributed by atoms with Crippen LogP contribution in [-0.2, 0) is 0 Å². The Kier molecular flexibility index (Phi) is 226. The Balaban J connectivity index is -0.0000000350. The van der Waals surface area contributed by atoms with Gasteiger partial charge in [-0.2, -0.15) is 0 Å². The first-order chi connectivity index (χ1) is 5.41. The zero-order valence-corrected chi connectivity index (χ0v) is 9.44. The molecule has 0 aliphatic carbocycles. The van der Waals surface area contributed by atoms with E-state index >= 15 is 0 Å². The molecule has 0 N–H and O–H groups in total. The van der Waals surface area contributed by atoms with E-state index in [2.05, 4.69) is 6.58 Å². The van der Waals surface area contributed by atoms with E-state index in [1.807, 2.05) is 60.6 Å². The highest BCUT2D eigenvalue weighted by Crippen LogP contribution is 1.64. The van der Waals surface area contributed by atoms with Crippen molar-refractivity contribution in [1.82, 2.24) is 0 Å². The molecule has 0 aromatic heterocycles. The molecule has 0 saturated heterocycles. The maximum atomic E-state index is 3.46. The summed E-state index contributed by atoms with van der Waals surface area (Å²) in [5.41, 5.74) is 0. The van der Waals surface area contributed by atoms with Crippen molar-refractivity contribution in [2.75, 3.05) is 0 Å². The lowest BCUT2D eigenvalue weighted by Gasteiger charge is -1.56. The van der Waals surface area contributed by atoms with Gasteiger partial charge in [-0.25, -0.2) is 0 Å². The Bertz CT molecular complexity index is 42.0. The highest BCUT2D eigenvalue weighted by atomic mass is 13.5. The van der Waals surface area contributed by atoms with Crippen LogP contribution in [0.25, 0.3) is 0 Å². The zero-order valence-electron chi connectivity index (χ0n) is 9.44. The second kappa shape index (κ2) is 111. The van der Waals surface area contributed by atoms with Crippen molar-refractivity contribution in [3.05, 3.63) is 24.8 Å². The summed E-state index contributed by atoms with van der Waals surface area (Å²) >= 11 is 0. The minimum Gasteiger partial charge on any atom is -0.0991 e. The first-order valence-corrected chi connectivity index (χ1v) is 4.65. The smallest absolute Gasteiger partial charge is 0.0467 e. The lowest BCUT2D eigenvalue weighted by molar-refractivity contribution is 1.50. The van der Waals surface area contributed by atoms with Crippen molar-refractivity contribution < 1.29 is 0 Å². The van der Waals surface area contributed by atoms with Crippen molar-refractivity contribution in [2.24, 2.45) is 0 Å². The molecule has 0 aliphatic rings.